The highest BCUT2D eigenvalue weighted by Crippen LogP contribution is 2.26. The lowest BCUT2D eigenvalue weighted by atomic mass is 10.2. The minimum Gasteiger partial charge on any atom is -0.339 e. The lowest BCUT2D eigenvalue weighted by molar-refractivity contribution is 0.0792. The van der Waals surface area contributed by atoms with Gasteiger partial charge in [0.2, 0.25) is 0 Å². The molecule has 0 aromatic carbocycles. The van der Waals surface area contributed by atoms with Gasteiger partial charge in [-0.3, -0.25) is 9.48 Å². The number of carbonyl (C=O) groups excluding carboxylic acids is 1. The normalized spacial score (nSPS) is 25.2. The number of nitrogens with zero attached hydrogens (tertiary/aromatic N) is 3. The van der Waals surface area contributed by atoms with Crippen molar-refractivity contribution in [1.82, 2.24) is 14.7 Å². The van der Waals surface area contributed by atoms with Gasteiger partial charge in [-0.25, -0.2) is 8.42 Å². The number of hydrogen-bond donors (Lipinski definition) is 0. The van der Waals surface area contributed by atoms with Crippen LogP contribution in [0.2, 0.25) is 0 Å². The predicted octanol–water partition coefficient (Wildman–Crippen LogP) is 0.787. The van der Waals surface area contributed by atoms with Gasteiger partial charge in [-0.15, -0.1) is 0 Å². The lowest BCUT2D eigenvalue weighted by Crippen LogP contribution is -2.28. The summed E-state index contributed by atoms with van der Waals surface area (Å²) in [4.78, 5) is 14.2. The summed E-state index contributed by atoms with van der Waals surface area (Å²) < 4.78 is 24.8. The van der Waals surface area contributed by atoms with Crippen LogP contribution < -0.4 is 0 Å². The first-order valence-corrected chi connectivity index (χ1v) is 8.84. The zero-order valence-electron chi connectivity index (χ0n) is 11.6. The minimum absolute atomic E-state index is 0.0205. The average molecular weight is 297 g/mol. The summed E-state index contributed by atoms with van der Waals surface area (Å²) >= 11 is 0. The fourth-order valence-electron chi connectivity index (χ4n) is 3.06. The first kappa shape index (κ1) is 13.6. The van der Waals surface area contributed by atoms with Crippen LogP contribution in [0.1, 0.15) is 41.4 Å². The molecule has 0 bridgehead atoms. The van der Waals surface area contributed by atoms with Crippen LogP contribution in [-0.4, -0.2) is 53.6 Å². The molecule has 0 aliphatic carbocycles. The molecule has 0 saturated carbocycles. The van der Waals surface area contributed by atoms with E-state index in [1.807, 2.05) is 11.8 Å². The molecule has 0 N–H and O–H groups in total. The van der Waals surface area contributed by atoms with Gasteiger partial charge in [0.25, 0.3) is 5.91 Å². The average Bonchev–Trinajstić information content (AvgIpc) is 3.08. The van der Waals surface area contributed by atoms with Crippen LogP contribution in [0.25, 0.3) is 0 Å². The Kier molecular flexibility index (Phi) is 3.32. The summed E-state index contributed by atoms with van der Waals surface area (Å²) in [5.41, 5.74) is 1.39. The molecule has 1 atom stereocenters. The molecule has 2 fully saturated rings. The van der Waals surface area contributed by atoms with E-state index in [-0.39, 0.29) is 23.5 Å². The molecule has 1 aromatic rings. The SMILES string of the molecule is Cc1c(C(=O)N2CCCC2)cnn1C1CCS(=O)(=O)C1. The van der Waals surface area contributed by atoms with Crippen molar-refractivity contribution in [3.63, 3.8) is 0 Å². The molecule has 0 spiro atoms. The molecule has 3 heterocycles. The topological polar surface area (TPSA) is 72.3 Å². The molecule has 1 amide bonds. The number of likely N-dealkylation sites (tertiary alicyclic amines) is 1. The van der Waals surface area contributed by atoms with Gasteiger partial charge >= 0.3 is 0 Å². The number of hydrogen-bond acceptors (Lipinski definition) is 4. The Morgan fingerprint density at radius 3 is 2.65 bits per heavy atom. The molecule has 2 saturated heterocycles. The van der Waals surface area contributed by atoms with Gasteiger partial charge in [-0.2, -0.15) is 5.10 Å². The maximum Gasteiger partial charge on any atom is 0.257 e. The third-order valence-corrected chi connectivity index (χ3v) is 5.97. The Labute approximate surface area is 118 Å². The van der Waals surface area contributed by atoms with Gasteiger partial charge in [0.15, 0.2) is 9.84 Å². The molecule has 2 aliphatic rings. The highest BCUT2D eigenvalue weighted by molar-refractivity contribution is 7.91. The van der Waals surface area contributed by atoms with Crippen molar-refractivity contribution >= 4 is 15.7 Å². The van der Waals surface area contributed by atoms with E-state index in [2.05, 4.69) is 5.10 Å². The fraction of sp³-hybridized carbons (Fsp3) is 0.692. The summed E-state index contributed by atoms with van der Waals surface area (Å²) in [7, 11) is -2.94. The van der Waals surface area contributed by atoms with E-state index in [0.717, 1.165) is 31.6 Å². The van der Waals surface area contributed by atoms with Crippen molar-refractivity contribution in [3.05, 3.63) is 17.5 Å². The molecule has 3 rings (SSSR count). The van der Waals surface area contributed by atoms with E-state index in [0.29, 0.717) is 12.0 Å². The zero-order valence-corrected chi connectivity index (χ0v) is 12.4. The molecule has 20 heavy (non-hydrogen) atoms. The van der Waals surface area contributed by atoms with E-state index in [1.54, 1.807) is 10.9 Å². The van der Waals surface area contributed by atoms with Gasteiger partial charge in [0.05, 0.1) is 29.3 Å². The Bertz CT molecular complexity index is 629. The van der Waals surface area contributed by atoms with Crippen molar-refractivity contribution in [2.45, 2.75) is 32.2 Å². The smallest absolute Gasteiger partial charge is 0.257 e. The van der Waals surface area contributed by atoms with E-state index >= 15 is 0 Å². The number of carbonyl (C=O) groups is 1. The standard InChI is InChI=1S/C13H19N3O3S/c1-10-12(13(17)15-5-2-3-6-15)8-14-16(10)11-4-7-20(18,19)9-11/h8,11H,2-7,9H2,1H3. The quantitative estimate of drug-likeness (QED) is 0.809. The molecular formula is C13H19N3O3S. The predicted molar refractivity (Wildman–Crippen MR) is 74.4 cm³/mol. The Morgan fingerprint density at radius 1 is 1.35 bits per heavy atom. The van der Waals surface area contributed by atoms with Crippen LogP contribution in [0.3, 0.4) is 0 Å². The second-order valence-electron chi connectivity index (χ2n) is 5.64. The van der Waals surface area contributed by atoms with Crippen molar-refractivity contribution < 1.29 is 13.2 Å². The van der Waals surface area contributed by atoms with Gasteiger partial charge in [-0.05, 0) is 26.2 Å². The van der Waals surface area contributed by atoms with Gasteiger partial charge < -0.3 is 4.90 Å². The first-order valence-electron chi connectivity index (χ1n) is 7.02. The van der Waals surface area contributed by atoms with Crippen LogP contribution in [0, 0.1) is 6.92 Å². The Hall–Kier alpha value is -1.37. The largest absolute Gasteiger partial charge is 0.339 e. The zero-order chi connectivity index (χ0) is 14.3. The lowest BCUT2D eigenvalue weighted by Gasteiger charge is -2.15. The van der Waals surface area contributed by atoms with Gasteiger partial charge in [0.1, 0.15) is 0 Å². The summed E-state index contributed by atoms with van der Waals surface area (Å²) in [6.45, 7) is 3.46. The van der Waals surface area contributed by atoms with Crippen LogP contribution in [-0.2, 0) is 9.84 Å². The molecule has 6 nitrogen and oxygen atoms in total. The monoisotopic (exact) mass is 297 g/mol. The van der Waals surface area contributed by atoms with E-state index in [4.69, 9.17) is 0 Å². The molecule has 110 valence electrons. The van der Waals surface area contributed by atoms with Crippen molar-refractivity contribution in [2.24, 2.45) is 0 Å². The second-order valence-corrected chi connectivity index (χ2v) is 7.87. The maximum atomic E-state index is 12.4. The summed E-state index contributed by atoms with van der Waals surface area (Å²) in [6, 6.07) is -0.125. The number of amides is 1. The minimum atomic E-state index is -2.94. The van der Waals surface area contributed by atoms with E-state index in [1.165, 1.54) is 0 Å². The Morgan fingerprint density at radius 2 is 2.05 bits per heavy atom. The van der Waals surface area contributed by atoms with Crippen LogP contribution in [0.4, 0.5) is 0 Å². The third-order valence-electron chi connectivity index (χ3n) is 4.22. The number of sulfone groups is 1. The fourth-order valence-corrected chi connectivity index (χ4v) is 4.75. The van der Waals surface area contributed by atoms with E-state index in [9.17, 15) is 13.2 Å². The van der Waals surface area contributed by atoms with Crippen molar-refractivity contribution in [1.29, 1.82) is 0 Å². The van der Waals surface area contributed by atoms with Gasteiger partial charge in [0, 0.05) is 18.8 Å². The summed E-state index contributed by atoms with van der Waals surface area (Å²) in [5.74, 6) is 0.367. The first-order chi connectivity index (χ1) is 9.48. The van der Waals surface area contributed by atoms with Crippen LogP contribution >= 0.6 is 0 Å². The molecule has 1 unspecified atom stereocenters. The van der Waals surface area contributed by atoms with Crippen molar-refractivity contribution in [2.75, 3.05) is 24.6 Å². The number of rotatable bonds is 2. The highest BCUT2D eigenvalue weighted by Gasteiger charge is 2.32. The highest BCUT2D eigenvalue weighted by atomic mass is 32.2. The molecular weight excluding hydrogens is 278 g/mol. The molecule has 7 heteroatoms. The van der Waals surface area contributed by atoms with E-state index < -0.39 is 9.84 Å². The maximum absolute atomic E-state index is 12.4. The molecule has 1 aromatic heterocycles. The summed E-state index contributed by atoms with van der Waals surface area (Å²) in [6.07, 6.45) is 4.28. The molecule has 2 aliphatic heterocycles. The Balaban J connectivity index is 1.83. The summed E-state index contributed by atoms with van der Waals surface area (Å²) in [5, 5.41) is 4.26. The second kappa shape index (κ2) is 4.87. The third kappa shape index (κ3) is 2.34. The van der Waals surface area contributed by atoms with Gasteiger partial charge in [-0.1, -0.05) is 0 Å². The van der Waals surface area contributed by atoms with Crippen LogP contribution in [0.5, 0.6) is 0 Å². The number of aromatic nitrogens is 2. The van der Waals surface area contributed by atoms with Crippen LogP contribution in [0.15, 0.2) is 6.20 Å². The molecule has 0 radical (unpaired) electrons. The van der Waals surface area contributed by atoms with Crippen molar-refractivity contribution in [3.8, 4) is 0 Å².